The van der Waals surface area contributed by atoms with Crippen LogP contribution in [0.25, 0.3) is 0 Å². The van der Waals surface area contributed by atoms with Crippen molar-refractivity contribution in [3.63, 3.8) is 0 Å². The van der Waals surface area contributed by atoms with Crippen molar-refractivity contribution in [1.82, 2.24) is 10.6 Å². The van der Waals surface area contributed by atoms with E-state index in [1.54, 1.807) is 0 Å². The summed E-state index contributed by atoms with van der Waals surface area (Å²) >= 11 is 1.83. The van der Waals surface area contributed by atoms with Gasteiger partial charge < -0.3 is 10.6 Å². The molecule has 3 heteroatoms. The molecular formula is C10H16N2S. The quantitative estimate of drug-likeness (QED) is 0.765. The highest BCUT2D eigenvalue weighted by atomic mass is 32.1. The molecule has 0 radical (unpaired) electrons. The molecule has 0 aromatic carbocycles. The van der Waals surface area contributed by atoms with Crippen LogP contribution >= 0.6 is 11.3 Å². The van der Waals surface area contributed by atoms with Gasteiger partial charge in [-0.05, 0) is 36.9 Å². The van der Waals surface area contributed by atoms with Crippen LogP contribution in [0.4, 0.5) is 0 Å². The van der Waals surface area contributed by atoms with Gasteiger partial charge in [0.2, 0.25) is 0 Å². The Morgan fingerprint density at radius 2 is 2.62 bits per heavy atom. The molecule has 0 saturated carbocycles. The predicted molar refractivity (Wildman–Crippen MR) is 57.2 cm³/mol. The minimum atomic E-state index is 0.681. The van der Waals surface area contributed by atoms with Gasteiger partial charge in [0.25, 0.3) is 0 Å². The number of hydrogen-bond acceptors (Lipinski definition) is 3. The monoisotopic (exact) mass is 196 g/mol. The highest BCUT2D eigenvalue weighted by Crippen LogP contribution is 2.13. The summed E-state index contributed by atoms with van der Waals surface area (Å²) < 4.78 is 0. The molecule has 2 N–H and O–H groups in total. The van der Waals surface area contributed by atoms with Gasteiger partial charge >= 0.3 is 0 Å². The standard InChI is InChI=1S/C10H16N2S/c1-8-4-9(7-13-8)5-12-10-2-3-11-6-10/h4,7,10-12H,2-3,5-6H2,1H3. The Morgan fingerprint density at radius 3 is 3.23 bits per heavy atom. The summed E-state index contributed by atoms with van der Waals surface area (Å²) in [6, 6.07) is 2.94. The molecule has 2 nitrogen and oxygen atoms in total. The number of rotatable bonds is 3. The van der Waals surface area contributed by atoms with Crippen LogP contribution in [0.5, 0.6) is 0 Å². The second-order valence-electron chi connectivity index (χ2n) is 3.64. The van der Waals surface area contributed by atoms with Gasteiger partial charge in [-0.1, -0.05) is 0 Å². The zero-order chi connectivity index (χ0) is 9.10. The molecule has 1 saturated heterocycles. The van der Waals surface area contributed by atoms with E-state index in [2.05, 4.69) is 29.0 Å². The fourth-order valence-corrected chi connectivity index (χ4v) is 2.39. The summed E-state index contributed by atoms with van der Waals surface area (Å²) in [5.41, 5.74) is 1.43. The van der Waals surface area contributed by atoms with Crippen molar-refractivity contribution in [1.29, 1.82) is 0 Å². The van der Waals surface area contributed by atoms with Crippen LogP contribution in [0.3, 0.4) is 0 Å². The molecule has 1 atom stereocenters. The van der Waals surface area contributed by atoms with Gasteiger partial charge in [-0.3, -0.25) is 0 Å². The first-order valence-electron chi connectivity index (χ1n) is 4.83. The Hall–Kier alpha value is -0.380. The molecule has 1 unspecified atom stereocenters. The van der Waals surface area contributed by atoms with Crippen LogP contribution in [-0.4, -0.2) is 19.1 Å². The minimum Gasteiger partial charge on any atom is -0.315 e. The molecule has 72 valence electrons. The molecule has 2 rings (SSSR count). The summed E-state index contributed by atoms with van der Waals surface area (Å²) in [6.07, 6.45) is 1.27. The van der Waals surface area contributed by atoms with E-state index in [0.717, 1.165) is 13.1 Å². The maximum absolute atomic E-state index is 3.56. The summed E-state index contributed by atoms with van der Waals surface area (Å²) in [5.74, 6) is 0. The Balaban J connectivity index is 1.78. The topological polar surface area (TPSA) is 24.1 Å². The molecule has 0 amide bonds. The molecule has 1 aliphatic rings. The van der Waals surface area contributed by atoms with E-state index in [4.69, 9.17) is 0 Å². The average Bonchev–Trinajstić information content (AvgIpc) is 2.71. The molecule has 1 aromatic rings. The van der Waals surface area contributed by atoms with E-state index in [-0.39, 0.29) is 0 Å². The maximum atomic E-state index is 3.56. The third-order valence-electron chi connectivity index (χ3n) is 2.44. The van der Waals surface area contributed by atoms with E-state index in [1.165, 1.54) is 23.4 Å². The largest absolute Gasteiger partial charge is 0.315 e. The molecule has 13 heavy (non-hydrogen) atoms. The third-order valence-corrected chi connectivity index (χ3v) is 3.35. The molecular weight excluding hydrogens is 180 g/mol. The zero-order valence-electron chi connectivity index (χ0n) is 7.97. The lowest BCUT2D eigenvalue weighted by atomic mass is 10.2. The van der Waals surface area contributed by atoms with Gasteiger partial charge in [0, 0.05) is 24.0 Å². The maximum Gasteiger partial charge on any atom is 0.0216 e. The summed E-state index contributed by atoms with van der Waals surface area (Å²) in [5, 5.41) is 9.15. The molecule has 2 heterocycles. The van der Waals surface area contributed by atoms with Crippen molar-refractivity contribution >= 4 is 11.3 Å². The van der Waals surface area contributed by atoms with Crippen LogP contribution in [0.15, 0.2) is 11.4 Å². The van der Waals surface area contributed by atoms with Crippen LogP contribution in [0, 0.1) is 6.92 Å². The van der Waals surface area contributed by atoms with Crippen molar-refractivity contribution in [3.8, 4) is 0 Å². The Kier molecular flexibility index (Phi) is 2.98. The molecule has 1 aliphatic heterocycles. The van der Waals surface area contributed by atoms with E-state index in [0.29, 0.717) is 6.04 Å². The average molecular weight is 196 g/mol. The molecule has 0 aliphatic carbocycles. The van der Waals surface area contributed by atoms with E-state index < -0.39 is 0 Å². The van der Waals surface area contributed by atoms with Gasteiger partial charge in [-0.25, -0.2) is 0 Å². The first-order valence-corrected chi connectivity index (χ1v) is 5.70. The number of hydrogen-bond donors (Lipinski definition) is 2. The fourth-order valence-electron chi connectivity index (χ4n) is 1.68. The van der Waals surface area contributed by atoms with E-state index >= 15 is 0 Å². The van der Waals surface area contributed by atoms with E-state index in [1.807, 2.05) is 11.3 Å². The smallest absolute Gasteiger partial charge is 0.0216 e. The van der Waals surface area contributed by atoms with Gasteiger partial charge in [-0.2, -0.15) is 0 Å². The van der Waals surface area contributed by atoms with Crippen molar-refractivity contribution in [2.24, 2.45) is 0 Å². The van der Waals surface area contributed by atoms with Gasteiger partial charge in [0.1, 0.15) is 0 Å². The lowest BCUT2D eigenvalue weighted by Crippen LogP contribution is -2.30. The Bertz CT molecular complexity index is 264. The van der Waals surface area contributed by atoms with Crippen molar-refractivity contribution in [2.45, 2.75) is 25.9 Å². The predicted octanol–water partition coefficient (Wildman–Crippen LogP) is 1.51. The van der Waals surface area contributed by atoms with Gasteiger partial charge in [0.05, 0.1) is 0 Å². The first-order chi connectivity index (χ1) is 6.34. The molecule has 0 bridgehead atoms. The lowest BCUT2D eigenvalue weighted by molar-refractivity contribution is 0.548. The fraction of sp³-hybridized carbons (Fsp3) is 0.600. The molecule has 1 fully saturated rings. The van der Waals surface area contributed by atoms with Crippen LogP contribution in [0.2, 0.25) is 0 Å². The summed E-state index contributed by atoms with van der Waals surface area (Å²) in [4.78, 5) is 1.40. The minimum absolute atomic E-state index is 0.681. The Morgan fingerprint density at radius 1 is 1.69 bits per heavy atom. The van der Waals surface area contributed by atoms with Gasteiger partial charge in [0.15, 0.2) is 0 Å². The molecule has 0 spiro atoms. The second-order valence-corrected chi connectivity index (χ2v) is 4.75. The van der Waals surface area contributed by atoms with Crippen molar-refractivity contribution in [3.05, 3.63) is 21.9 Å². The van der Waals surface area contributed by atoms with Crippen LogP contribution in [0.1, 0.15) is 16.9 Å². The van der Waals surface area contributed by atoms with Crippen LogP contribution in [-0.2, 0) is 6.54 Å². The van der Waals surface area contributed by atoms with Crippen molar-refractivity contribution in [2.75, 3.05) is 13.1 Å². The lowest BCUT2D eigenvalue weighted by Gasteiger charge is -2.09. The highest BCUT2D eigenvalue weighted by molar-refractivity contribution is 7.10. The highest BCUT2D eigenvalue weighted by Gasteiger charge is 2.12. The number of thiophene rings is 1. The first kappa shape index (κ1) is 9.19. The second kappa shape index (κ2) is 4.22. The number of nitrogens with one attached hydrogen (secondary N) is 2. The summed E-state index contributed by atoms with van der Waals surface area (Å²) in [7, 11) is 0. The van der Waals surface area contributed by atoms with Crippen LogP contribution < -0.4 is 10.6 Å². The van der Waals surface area contributed by atoms with E-state index in [9.17, 15) is 0 Å². The normalized spacial score (nSPS) is 22.4. The number of aryl methyl sites for hydroxylation is 1. The Labute approximate surface area is 83.4 Å². The third kappa shape index (κ3) is 2.53. The zero-order valence-corrected chi connectivity index (χ0v) is 8.79. The summed E-state index contributed by atoms with van der Waals surface area (Å²) in [6.45, 7) is 5.48. The SMILES string of the molecule is Cc1cc(CNC2CCNC2)cs1. The van der Waals surface area contributed by atoms with Gasteiger partial charge in [-0.15, -0.1) is 11.3 Å². The van der Waals surface area contributed by atoms with Crippen molar-refractivity contribution < 1.29 is 0 Å². The molecule has 1 aromatic heterocycles.